The quantitative estimate of drug-likeness (QED) is 0.790. The molecule has 1 atom stereocenters. The van der Waals surface area contributed by atoms with E-state index in [4.69, 9.17) is 20.3 Å². The number of benzene rings is 1. The Bertz CT molecular complexity index is 420. The summed E-state index contributed by atoms with van der Waals surface area (Å²) in [6, 6.07) is 8.25. The van der Waals surface area contributed by atoms with Gasteiger partial charge in [-0.05, 0) is 18.9 Å². The summed E-state index contributed by atoms with van der Waals surface area (Å²) < 4.78 is 11.1. The first-order chi connectivity index (χ1) is 10.3. The van der Waals surface area contributed by atoms with Crippen LogP contribution < -0.4 is 10.5 Å². The standard InChI is InChI=1S/C16H26N2O3/c1-20-16-5-3-2-4-14(16)15(12-17)18-8-6-13(7-9-18)21-11-10-19/h2-5,13,15,19H,6-12,17H2,1H3. The zero-order valence-electron chi connectivity index (χ0n) is 12.7. The fraction of sp³-hybridized carbons (Fsp3) is 0.625. The van der Waals surface area contributed by atoms with Crippen molar-refractivity contribution in [3.63, 3.8) is 0 Å². The van der Waals surface area contributed by atoms with E-state index in [2.05, 4.69) is 11.0 Å². The summed E-state index contributed by atoms with van der Waals surface area (Å²) in [6.07, 6.45) is 2.21. The fourth-order valence-electron chi connectivity index (χ4n) is 2.99. The zero-order valence-corrected chi connectivity index (χ0v) is 12.7. The van der Waals surface area contributed by atoms with Crippen molar-refractivity contribution in [1.82, 2.24) is 4.90 Å². The number of likely N-dealkylation sites (tertiary alicyclic amines) is 1. The Morgan fingerprint density at radius 3 is 2.67 bits per heavy atom. The Labute approximate surface area is 126 Å². The van der Waals surface area contributed by atoms with E-state index in [-0.39, 0.29) is 18.8 Å². The van der Waals surface area contributed by atoms with Gasteiger partial charge in [0.25, 0.3) is 0 Å². The van der Waals surface area contributed by atoms with Gasteiger partial charge in [0.1, 0.15) is 5.75 Å². The molecule has 0 radical (unpaired) electrons. The van der Waals surface area contributed by atoms with Crippen molar-refractivity contribution in [3.8, 4) is 5.75 Å². The topological polar surface area (TPSA) is 68.0 Å². The van der Waals surface area contributed by atoms with Crippen molar-refractivity contribution in [2.75, 3.05) is 40.0 Å². The van der Waals surface area contributed by atoms with Crippen LogP contribution in [0.3, 0.4) is 0 Å². The van der Waals surface area contributed by atoms with Crippen LogP contribution in [-0.4, -0.2) is 56.1 Å². The van der Waals surface area contributed by atoms with Gasteiger partial charge >= 0.3 is 0 Å². The number of nitrogens with zero attached hydrogens (tertiary/aromatic N) is 1. The van der Waals surface area contributed by atoms with Gasteiger partial charge in [-0.25, -0.2) is 0 Å². The minimum Gasteiger partial charge on any atom is -0.496 e. The van der Waals surface area contributed by atoms with Crippen LogP contribution in [0.1, 0.15) is 24.4 Å². The third-order valence-corrected chi connectivity index (χ3v) is 4.08. The Morgan fingerprint density at radius 2 is 2.05 bits per heavy atom. The molecule has 1 unspecified atom stereocenters. The molecule has 0 amide bonds. The lowest BCUT2D eigenvalue weighted by molar-refractivity contribution is -0.0150. The summed E-state index contributed by atoms with van der Waals surface area (Å²) in [4.78, 5) is 2.40. The molecule has 0 aliphatic carbocycles. The molecular formula is C16H26N2O3. The second-order valence-electron chi connectivity index (χ2n) is 5.32. The van der Waals surface area contributed by atoms with Gasteiger partial charge in [0.05, 0.1) is 32.5 Å². The number of methoxy groups -OCH3 is 1. The number of aliphatic hydroxyl groups excluding tert-OH is 1. The molecular weight excluding hydrogens is 268 g/mol. The first-order valence-electron chi connectivity index (χ1n) is 7.59. The van der Waals surface area contributed by atoms with Gasteiger partial charge in [-0.1, -0.05) is 18.2 Å². The summed E-state index contributed by atoms with van der Waals surface area (Å²) in [5.74, 6) is 0.895. The number of hydrogen-bond donors (Lipinski definition) is 2. The summed E-state index contributed by atoms with van der Waals surface area (Å²) in [7, 11) is 1.70. The Morgan fingerprint density at radius 1 is 1.33 bits per heavy atom. The van der Waals surface area contributed by atoms with E-state index < -0.39 is 0 Å². The van der Waals surface area contributed by atoms with Crippen molar-refractivity contribution in [3.05, 3.63) is 29.8 Å². The summed E-state index contributed by atoms with van der Waals surface area (Å²) in [5, 5.41) is 8.82. The maximum atomic E-state index is 8.82. The number of piperidine rings is 1. The average Bonchev–Trinajstić information content (AvgIpc) is 2.55. The highest BCUT2D eigenvalue weighted by atomic mass is 16.5. The minimum atomic E-state index is 0.0901. The van der Waals surface area contributed by atoms with E-state index in [1.54, 1.807) is 7.11 Å². The van der Waals surface area contributed by atoms with Gasteiger partial charge < -0.3 is 20.3 Å². The number of aliphatic hydroxyl groups is 1. The van der Waals surface area contributed by atoms with E-state index in [1.165, 1.54) is 0 Å². The number of nitrogens with two attached hydrogens (primary N) is 1. The number of para-hydroxylation sites is 1. The maximum absolute atomic E-state index is 8.82. The minimum absolute atomic E-state index is 0.0901. The van der Waals surface area contributed by atoms with Crippen LogP contribution >= 0.6 is 0 Å². The van der Waals surface area contributed by atoms with Gasteiger partial charge in [-0.15, -0.1) is 0 Å². The molecule has 0 bridgehead atoms. The van der Waals surface area contributed by atoms with Crippen molar-refractivity contribution in [1.29, 1.82) is 0 Å². The number of rotatable bonds is 7. The molecule has 5 heteroatoms. The molecule has 5 nitrogen and oxygen atoms in total. The molecule has 2 rings (SSSR count). The number of hydrogen-bond acceptors (Lipinski definition) is 5. The van der Waals surface area contributed by atoms with Crippen LogP contribution in [0.4, 0.5) is 0 Å². The molecule has 0 saturated carbocycles. The lowest BCUT2D eigenvalue weighted by Crippen LogP contribution is -2.42. The molecule has 1 heterocycles. The molecule has 1 saturated heterocycles. The predicted molar refractivity (Wildman–Crippen MR) is 82.4 cm³/mol. The van der Waals surface area contributed by atoms with Crippen LogP contribution in [0.15, 0.2) is 24.3 Å². The van der Waals surface area contributed by atoms with Gasteiger partial charge in [0, 0.05) is 25.2 Å². The SMILES string of the molecule is COc1ccccc1C(CN)N1CCC(OCCO)CC1. The molecule has 21 heavy (non-hydrogen) atoms. The van der Waals surface area contributed by atoms with Crippen molar-refractivity contribution in [2.45, 2.75) is 25.0 Å². The Hall–Kier alpha value is -1.14. The molecule has 1 aliphatic rings. The lowest BCUT2D eigenvalue weighted by Gasteiger charge is -2.37. The smallest absolute Gasteiger partial charge is 0.123 e. The first kappa shape index (κ1) is 16.2. The molecule has 118 valence electrons. The second-order valence-corrected chi connectivity index (χ2v) is 5.32. The van der Waals surface area contributed by atoms with Gasteiger partial charge in [-0.2, -0.15) is 0 Å². The summed E-state index contributed by atoms with van der Waals surface area (Å²) in [5.41, 5.74) is 7.16. The largest absolute Gasteiger partial charge is 0.496 e. The highest BCUT2D eigenvalue weighted by Gasteiger charge is 2.27. The average molecular weight is 294 g/mol. The Kier molecular flexibility index (Phi) is 6.45. The molecule has 0 spiro atoms. The predicted octanol–water partition coefficient (Wildman–Crippen LogP) is 1.17. The van der Waals surface area contributed by atoms with Gasteiger partial charge in [-0.3, -0.25) is 4.90 Å². The highest BCUT2D eigenvalue weighted by Crippen LogP contribution is 2.30. The van der Waals surface area contributed by atoms with Crippen molar-refractivity contribution in [2.24, 2.45) is 5.73 Å². The summed E-state index contributed by atoms with van der Waals surface area (Å²) >= 11 is 0. The normalized spacial score (nSPS) is 18.6. The van der Waals surface area contributed by atoms with Crippen LogP contribution in [0.5, 0.6) is 5.75 Å². The third-order valence-electron chi connectivity index (χ3n) is 4.08. The van der Waals surface area contributed by atoms with E-state index in [1.807, 2.05) is 18.2 Å². The molecule has 1 aromatic rings. The second kappa shape index (κ2) is 8.34. The van der Waals surface area contributed by atoms with E-state index in [9.17, 15) is 0 Å². The van der Waals surface area contributed by atoms with Crippen LogP contribution in [0.2, 0.25) is 0 Å². The van der Waals surface area contributed by atoms with E-state index >= 15 is 0 Å². The van der Waals surface area contributed by atoms with Crippen LogP contribution in [0.25, 0.3) is 0 Å². The lowest BCUT2D eigenvalue weighted by atomic mass is 9.99. The zero-order chi connectivity index (χ0) is 15.1. The van der Waals surface area contributed by atoms with E-state index in [0.717, 1.165) is 37.2 Å². The molecule has 3 N–H and O–H groups in total. The van der Waals surface area contributed by atoms with Gasteiger partial charge in [0.2, 0.25) is 0 Å². The Balaban J connectivity index is 1.99. The van der Waals surface area contributed by atoms with E-state index in [0.29, 0.717) is 13.2 Å². The van der Waals surface area contributed by atoms with Crippen LogP contribution in [0, 0.1) is 0 Å². The molecule has 0 aromatic heterocycles. The molecule has 1 aliphatic heterocycles. The van der Waals surface area contributed by atoms with Gasteiger partial charge in [0.15, 0.2) is 0 Å². The first-order valence-corrected chi connectivity index (χ1v) is 7.59. The maximum Gasteiger partial charge on any atom is 0.123 e. The molecule has 1 fully saturated rings. The highest BCUT2D eigenvalue weighted by molar-refractivity contribution is 5.36. The third kappa shape index (κ3) is 4.17. The van der Waals surface area contributed by atoms with Crippen LogP contribution in [-0.2, 0) is 4.74 Å². The summed E-state index contributed by atoms with van der Waals surface area (Å²) in [6.45, 7) is 3.00. The monoisotopic (exact) mass is 294 g/mol. The van der Waals surface area contributed by atoms with Crippen molar-refractivity contribution < 1.29 is 14.6 Å². The number of ether oxygens (including phenoxy) is 2. The van der Waals surface area contributed by atoms with Crippen molar-refractivity contribution >= 4 is 0 Å². The fourth-order valence-corrected chi connectivity index (χ4v) is 2.99. The molecule has 1 aromatic carbocycles.